The van der Waals surface area contributed by atoms with Gasteiger partial charge in [-0.3, -0.25) is 0 Å². The Morgan fingerprint density at radius 3 is 2.85 bits per heavy atom. The Labute approximate surface area is 122 Å². The molecule has 3 nitrogen and oxygen atoms in total. The molecular formula is C17H27NO2. The minimum atomic E-state index is -0.183. The third-order valence-corrected chi connectivity index (χ3v) is 4.14. The SMILES string of the molecule is CCCOc1ccccc1CC1CN(CC)CCC1O. The summed E-state index contributed by atoms with van der Waals surface area (Å²) < 4.78 is 5.82. The summed E-state index contributed by atoms with van der Waals surface area (Å²) in [5, 5.41) is 10.2. The zero-order valence-electron chi connectivity index (χ0n) is 12.7. The maximum atomic E-state index is 10.2. The van der Waals surface area contributed by atoms with E-state index in [0.29, 0.717) is 5.92 Å². The molecule has 1 fully saturated rings. The van der Waals surface area contributed by atoms with Gasteiger partial charge in [0, 0.05) is 19.0 Å². The second-order valence-electron chi connectivity index (χ2n) is 5.67. The van der Waals surface area contributed by atoms with Crippen LogP contribution in [0, 0.1) is 5.92 Å². The lowest BCUT2D eigenvalue weighted by Gasteiger charge is -2.35. The number of para-hydroxylation sites is 1. The van der Waals surface area contributed by atoms with E-state index < -0.39 is 0 Å². The highest BCUT2D eigenvalue weighted by atomic mass is 16.5. The first kappa shape index (κ1) is 15.3. The molecule has 3 heteroatoms. The van der Waals surface area contributed by atoms with Gasteiger partial charge in [0.2, 0.25) is 0 Å². The van der Waals surface area contributed by atoms with Gasteiger partial charge in [-0.2, -0.15) is 0 Å². The molecule has 20 heavy (non-hydrogen) atoms. The quantitative estimate of drug-likeness (QED) is 0.868. The number of benzene rings is 1. The molecule has 2 rings (SSSR count). The maximum Gasteiger partial charge on any atom is 0.122 e. The second-order valence-corrected chi connectivity index (χ2v) is 5.67. The van der Waals surface area contributed by atoms with Crippen LogP contribution in [0.25, 0.3) is 0 Å². The Hall–Kier alpha value is -1.06. The van der Waals surface area contributed by atoms with Gasteiger partial charge in [-0.15, -0.1) is 0 Å². The number of nitrogens with zero attached hydrogens (tertiary/aromatic N) is 1. The van der Waals surface area contributed by atoms with E-state index >= 15 is 0 Å². The standard InChI is InChI=1S/C17H27NO2/c1-3-11-20-17-8-6-5-7-14(17)12-15-13-18(4-2)10-9-16(15)19/h5-8,15-16,19H,3-4,9-13H2,1-2H3. The fraction of sp³-hybridized carbons (Fsp3) is 0.647. The molecule has 1 aliphatic rings. The van der Waals surface area contributed by atoms with E-state index in [0.717, 1.165) is 51.3 Å². The summed E-state index contributed by atoms with van der Waals surface area (Å²) in [7, 11) is 0. The second kappa shape index (κ2) is 7.65. The fourth-order valence-electron chi connectivity index (χ4n) is 2.89. The topological polar surface area (TPSA) is 32.7 Å². The first-order valence-corrected chi connectivity index (χ1v) is 7.85. The highest BCUT2D eigenvalue weighted by Crippen LogP contribution is 2.26. The molecule has 0 bridgehead atoms. The van der Waals surface area contributed by atoms with E-state index in [1.165, 1.54) is 5.56 Å². The lowest BCUT2D eigenvalue weighted by Crippen LogP contribution is -2.43. The summed E-state index contributed by atoms with van der Waals surface area (Å²) in [6.45, 7) is 8.13. The van der Waals surface area contributed by atoms with Crippen LogP contribution in [0.1, 0.15) is 32.3 Å². The predicted octanol–water partition coefficient (Wildman–Crippen LogP) is 2.72. The Morgan fingerprint density at radius 2 is 2.10 bits per heavy atom. The maximum absolute atomic E-state index is 10.2. The van der Waals surface area contributed by atoms with E-state index in [1.54, 1.807) is 0 Å². The third kappa shape index (κ3) is 3.97. The average Bonchev–Trinajstić information content (AvgIpc) is 2.48. The molecule has 112 valence electrons. The zero-order chi connectivity index (χ0) is 14.4. The Bertz CT molecular complexity index is 408. The van der Waals surface area contributed by atoms with Gasteiger partial charge in [0.15, 0.2) is 0 Å². The molecule has 0 saturated carbocycles. The molecule has 1 saturated heterocycles. The van der Waals surface area contributed by atoms with Gasteiger partial charge in [0.1, 0.15) is 5.75 Å². The summed E-state index contributed by atoms with van der Waals surface area (Å²) in [5.74, 6) is 1.30. The van der Waals surface area contributed by atoms with Crippen LogP contribution in [-0.2, 0) is 6.42 Å². The summed E-state index contributed by atoms with van der Waals surface area (Å²) in [5.41, 5.74) is 1.22. The predicted molar refractivity (Wildman–Crippen MR) is 82.2 cm³/mol. The smallest absolute Gasteiger partial charge is 0.122 e. The molecule has 1 heterocycles. The van der Waals surface area contributed by atoms with Crippen LogP contribution in [-0.4, -0.2) is 42.4 Å². The molecular weight excluding hydrogens is 250 g/mol. The van der Waals surface area contributed by atoms with Gasteiger partial charge < -0.3 is 14.7 Å². The van der Waals surface area contributed by atoms with Crippen molar-refractivity contribution in [2.75, 3.05) is 26.2 Å². The monoisotopic (exact) mass is 277 g/mol. The molecule has 1 aromatic carbocycles. The van der Waals surface area contributed by atoms with Crippen molar-refractivity contribution < 1.29 is 9.84 Å². The van der Waals surface area contributed by atoms with Crippen LogP contribution in [0.5, 0.6) is 5.75 Å². The van der Waals surface area contributed by atoms with E-state index in [9.17, 15) is 5.11 Å². The van der Waals surface area contributed by atoms with Crippen molar-refractivity contribution in [2.45, 2.75) is 39.2 Å². The van der Waals surface area contributed by atoms with Crippen molar-refractivity contribution in [3.05, 3.63) is 29.8 Å². The molecule has 1 aliphatic heterocycles. The minimum absolute atomic E-state index is 0.183. The third-order valence-electron chi connectivity index (χ3n) is 4.14. The molecule has 2 unspecified atom stereocenters. The normalized spacial score (nSPS) is 23.8. The highest BCUT2D eigenvalue weighted by Gasteiger charge is 2.27. The Balaban J connectivity index is 2.04. The van der Waals surface area contributed by atoms with Gasteiger partial charge in [0.25, 0.3) is 0 Å². The lowest BCUT2D eigenvalue weighted by atomic mass is 9.88. The lowest BCUT2D eigenvalue weighted by molar-refractivity contribution is 0.0287. The van der Waals surface area contributed by atoms with Crippen LogP contribution >= 0.6 is 0 Å². The van der Waals surface area contributed by atoms with E-state index in [-0.39, 0.29) is 6.10 Å². The van der Waals surface area contributed by atoms with Crippen molar-refractivity contribution in [1.82, 2.24) is 4.90 Å². The molecule has 1 aromatic rings. The first-order valence-electron chi connectivity index (χ1n) is 7.85. The van der Waals surface area contributed by atoms with Crippen molar-refractivity contribution in [2.24, 2.45) is 5.92 Å². The van der Waals surface area contributed by atoms with Crippen molar-refractivity contribution in [1.29, 1.82) is 0 Å². The Morgan fingerprint density at radius 1 is 1.30 bits per heavy atom. The first-order chi connectivity index (χ1) is 9.74. The van der Waals surface area contributed by atoms with E-state index in [4.69, 9.17) is 4.74 Å². The number of aliphatic hydroxyl groups is 1. The molecule has 0 aromatic heterocycles. The highest BCUT2D eigenvalue weighted by molar-refractivity contribution is 5.33. The number of hydrogen-bond donors (Lipinski definition) is 1. The minimum Gasteiger partial charge on any atom is -0.493 e. The number of aliphatic hydroxyl groups excluding tert-OH is 1. The molecule has 0 amide bonds. The number of piperidine rings is 1. The van der Waals surface area contributed by atoms with Crippen LogP contribution in [0.3, 0.4) is 0 Å². The van der Waals surface area contributed by atoms with Gasteiger partial charge in [-0.05, 0) is 37.4 Å². The zero-order valence-corrected chi connectivity index (χ0v) is 12.7. The molecule has 0 aliphatic carbocycles. The van der Waals surface area contributed by atoms with Crippen molar-refractivity contribution >= 4 is 0 Å². The van der Waals surface area contributed by atoms with Crippen molar-refractivity contribution in [3.8, 4) is 5.75 Å². The molecule has 0 radical (unpaired) electrons. The van der Waals surface area contributed by atoms with Gasteiger partial charge in [0.05, 0.1) is 12.7 Å². The number of hydrogen-bond acceptors (Lipinski definition) is 3. The van der Waals surface area contributed by atoms with E-state index in [2.05, 4.69) is 30.9 Å². The van der Waals surface area contributed by atoms with Crippen LogP contribution in [0.2, 0.25) is 0 Å². The summed E-state index contributed by atoms with van der Waals surface area (Å²) in [6, 6.07) is 8.24. The van der Waals surface area contributed by atoms with Crippen molar-refractivity contribution in [3.63, 3.8) is 0 Å². The van der Waals surface area contributed by atoms with Crippen LogP contribution in [0.15, 0.2) is 24.3 Å². The molecule has 2 atom stereocenters. The summed E-state index contributed by atoms with van der Waals surface area (Å²) in [4.78, 5) is 2.42. The molecule has 0 spiro atoms. The van der Waals surface area contributed by atoms with Gasteiger partial charge >= 0.3 is 0 Å². The van der Waals surface area contributed by atoms with E-state index in [1.807, 2.05) is 12.1 Å². The van der Waals surface area contributed by atoms with Gasteiger partial charge in [-0.25, -0.2) is 0 Å². The number of likely N-dealkylation sites (tertiary alicyclic amines) is 1. The van der Waals surface area contributed by atoms with Gasteiger partial charge in [-0.1, -0.05) is 32.0 Å². The average molecular weight is 277 g/mol. The fourth-order valence-corrected chi connectivity index (χ4v) is 2.89. The molecule has 1 N–H and O–H groups in total. The number of rotatable bonds is 6. The summed E-state index contributed by atoms with van der Waals surface area (Å²) in [6.07, 6.45) is 2.62. The summed E-state index contributed by atoms with van der Waals surface area (Å²) >= 11 is 0. The largest absolute Gasteiger partial charge is 0.493 e. The van der Waals surface area contributed by atoms with Crippen LogP contribution in [0.4, 0.5) is 0 Å². The Kier molecular flexibility index (Phi) is 5.86. The van der Waals surface area contributed by atoms with Crippen LogP contribution < -0.4 is 4.74 Å². The number of ether oxygens (including phenoxy) is 1.